The summed E-state index contributed by atoms with van der Waals surface area (Å²) >= 11 is 0. The van der Waals surface area contributed by atoms with Crippen molar-refractivity contribution < 1.29 is 52.8 Å². The molecule has 3 heterocycles. The summed E-state index contributed by atoms with van der Waals surface area (Å²) in [7, 11) is 5.62. The predicted molar refractivity (Wildman–Crippen MR) is 311 cm³/mol. The van der Waals surface area contributed by atoms with E-state index >= 15 is 0 Å². The molecule has 0 spiro atoms. The molecule has 0 aliphatic carbocycles. The Morgan fingerprint density at radius 3 is 1.27 bits per heavy atom. The topological polar surface area (TPSA) is 190 Å². The van der Waals surface area contributed by atoms with Crippen LogP contribution in [0.2, 0.25) is 0 Å². The van der Waals surface area contributed by atoms with Crippen molar-refractivity contribution in [2.45, 2.75) is 118 Å². The number of hydrogen-bond donors (Lipinski definition) is 3. The number of amides is 4. The molecule has 3 atom stereocenters. The maximum absolute atomic E-state index is 13.4. The number of ketones is 2. The van der Waals surface area contributed by atoms with Gasteiger partial charge in [0.05, 0.1) is 26.4 Å². The number of nitrogens with zero attached hydrogens (tertiary/aromatic N) is 2. The molecule has 15 nitrogen and oxygen atoms in total. The first-order valence-corrected chi connectivity index (χ1v) is 26.8. The number of Topliss-reactive ketones (excluding diaryl/α,β-unsaturated/α-hetero) is 2. The van der Waals surface area contributed by atoms with Crippen LogP contribution in [0.15, 0.2) is 97.1 Å². The molecule has 3 N–H and O–H groups in total. The molecule has 7 rings (SSSR count). The Balaban J connectivity index is 0.000000340. The summed E-state index contributed by atoms with van der Waals surface area (Å²) in [5.41, 5.74) is 3.65. The van der Waals surface area contributed by atoms with Crippen LogP contribution >= 0.6 is 0 Å². The van der Waals surface area contributed by atoms with Gasteiger partial charge in [-0.2, -0.15) is 0 Å². The molecule has 4 aromatic rings. The van der Waals surface area contributed by atoms with E-state index in [9.17, 15) is 33.9 Å². The summed E-state index contributed by atoms with van der Waals surface area (Å²) in [6.45, 7) is 10.2. The van der Waals surface area contributed by atoms with Crippen molar-refractivity contribution in [3.63, 3.8) is 0 Å². The number of hydrogen-bond acceptors (Lipinski definition) is 11. The minimum atomic E-state index is -1.82. The molecule has 430 valence electrons. The minimum absolute atomic E-state index is 0. The largest absolute Gasteiger partial charge is 0.388 e. The van der Waals surface area contributed by atoms with Crippen LogP contribution < -0.4 is 10.6 Å². The molecule has 0 saturated carbocycles. The van der Waals surface area contributed by atoms with Crippen LogP contribution in [-0.2, 0) is 51.0 Å². The van der Waals surface area contributed by atoms with E-state index in [0.29, 0.717) is 35.0 Å². The number of ether oxygens (including phenoxy) is 4. The van der Waals surface area contributed by atoms with Crippen molar-refractivity contribution in [2.75, 3.05) is 74.4 Å². The third-order valence-corrected chi connectivity index (χ3v) is 15.2. The van der Waals surface area contributed by atoms with Gasteiger partial charge in [0.25, 0.3) is 23.6 Å². The SMILES string of the molecule is C.C.CNC(=O)[C@@](C)(C(=O)CO)N(C)C(=O)c1ccc(C#Cc2ccc(CCCC3(C)COC3)cc2)cc1.CNC(=O)[C@@](C)(C(=O)COC1CCCCO1)N(C)C(=O)c1ccc(C#Cc2ccc(CCCC3(C)COC3)cc2)cc1. The van der Waals surface area contributed by atoms with Crippen molar-refractivity contribution >= 4 is 35.2 Å². The van der Waals surface area contributed by atoms with Crippen molar-refractivity contribution in [1.29, 1.82) is 0 Å². The Labute approximate surface area is 474 Å². The highest BCUT2D eigenvalue weighted by atomic mass is 16.7. The van der Waals surface area contributed by atoms with E-state index in [0.717, 1.165) is 92.1 Å². The van der Waals surface area contributed by atoms with Crippen LogP contribution in [0, 0.1) is 34.5 Å². The Kier molecular flexibility index (Phi) is 24.6. The fourth-order valence-electron chi connectivity index (χ4n) is 9.34. The second kappa shape index (κ2) is 30.0. The zero-order valence-corrected chi connectivity index (χ0v) is 46.6. The van der Waals surface area contributed by atoms with Gasteiger partial charge >= 0.3 is 0 Å². The number of aliphatic hydroxyl groups excluding tert-OH is 1. The summed E-state index contributed by atoms with van der Waals surface area (Å²) in [6.07, 6.45) is 8.82. The van der Waals surface area contributed by atoms with Gasteiger partial charge in [-0.15, -0.1) is 0 Å². The Hall–Kier alpha value is -6.98. The van der Waals surface area contributed by atoms with Crippen molar-refractivity contribution in [2.24, 2.45) is 10.8 Å². The summed E-state index contributed by atoms with van der Waals surface area (Å²) in [6, 6.07) is 30.0. The highest BCUT2D eigenvalue weighted by Crippen LogP contribution is 2.33. The molecule has 0 bridgehead atoms. The molecule has 15 heteroatoms. The zero-order valence-electron chi connectivity index (χ0n) is 46.6. The first kappa shape index (κ1) is 65.5. The third-order valence-electron chi connectivity index (χ3n) is 15.2. The summed E-state index contributed by atoms with van der Waals surface area (Å²) in [5.74, 6) is 9.02. The van der Waals surface area contributed by atoms with Crippen LogP contribution in [0.25, 0.3) is 0 Å². The smallest absolute Gasteiger partial charge is 0.254 e. The fraction of sp³-hybridized carbons (Fsp3) is 0.477. The van der Waals surface area contributed by atoms with Gasteiger partial charge in [-0.25, -0.2) is 0 Å². The number of benzene rings is 4. The molecular formula is C65H84N4O11. The van der Waals surface area contributed by atoms with Gasteiger partial charge in [0.2, 0.25) is 0 Å². The molecule has 3 aliphatic heterocycles. The normalized spacial score (nSPS) is 16.9. The van der Waals surface area contributed by atoms with Crippen molar-refractivity contribution in [3.8, 4) is 23.7 Å². The average molecular weight is 1100 g/mol. The molecule has 3 saturated heterocycles. The predicted octanol–water partition coefficient (Wildman–Crippen LogP) is 7.99. The number of carbonyl (C=O) groups excluding carboxylic acids is 6. The van der Waals surface area contributed by atoms with Crippen LogP contribution in [0.3, 0.4) is 0 Å². The molecule has 4 aromatic carbocycles. The lowest BCUT2D eigenvalue weighted by Crippen LogP contribution is -2.62. The number of aliphatic hydroxyl groups is 1. The van der Waals surface area contributed by atoms with E-state index in [1.807, 2.05) is 24.3 Å². The average Bonchev–Trinajstić information content (AvgIpc) is 3.45. The molecule has 0 aromatic heterocycles. The van der Waals surface area contributed by atoms with E-state index in [1.54, 1.807) is 48.5 Å². The first-order chi connectivity index (χ1) is 37.3. The van der Waals surface area contributed by atoms with E-state index < -0.39 is 59.2 Å². The highest BCUT2D eigenvalue weighted by Gasteiger charge is 2.48. The number of nitrogens with one attached hydrogen (secondary N) is 2. The molecule has 0 radical (unpaired) electrons. The minimum Gasteiger partial charge on any atom is -0.388 e. The quantitative estimate of drug-likeness (QED) is 0.0575. The molecular weight excluding hydrogens is 1010 g/mol. The first-order valence-electron chi connectivity index (χ1n) is 26.8. The lowest BCUT2D eigenvalue weighted by molar-refractivity contribution is -0.174. The van der Waals surface area contributed by atoms with Crippen LogP contribution in [0.1, 0.15) is 142 Å². The van der Waals surface area contributed by atoms with Gasteiger partial charge in [-0.1, -0.05) is 76.6 Å². The zero-order chi connectivity index (χ0) is 56.5. The van der Waals surface area contributed by atoms with Crippen molar-refractivity contribution in [1.82, 2.24) is 20.4 Å². The van der Waals surface area contributed by atoms with Crippen LogP contribution in [0.5, 0.6) is 0 Å². The van der Waals surface area contributed by atoms with Gasteiger partial charge < -0.3 is 44.5 Å². The van der Waals surface area contributed by atoms with Crippen LogP contribution in [-0.4, -0.2) is 142 Å². The van der Waals surface area contributed by atoms with E-state index in [2.05, 4.69) is 72.4 Å². The number of aryl methyl sites for hydroxylation is 2. The second-order valence-corrected chi connectivity index (χ2v) is 21.5. The van der Waals surface area contributed by atoms with Gasteiger partial charge in [0.15, 0.2) is 28.9 Å². The fourth-order valence-corrected chi connectivity index (χ4v) is 9.34. The number of carbonyl (C=O) groups is 6. The number of likely N-dealkylation sites (N-methyl/N-ethyl adjacent to an activating group) is 4. The van der Waals surface area contributed by atoms with Crippen LogP contribution in [0.4, 0.5) is 0 Å². The molecule has 1 unspecified atom stereocenters. The van der Waals surface area contributed by atoms with Crippen molar-refractivity contribution in [3.05, 3.63) is 142 Å². The molecule has 80 heavy (non-hydrogen) atoms. The van der Waals surface area contributed by atoms with Gasteiger partial charge in [-0.3, -0.25) is 28.8 Å². The van der Waals surface area contributed by atoms with Gasteiger partial charge in [-0.05, 0) is 156 Å². The third kappa shape index (κ3) is 16.8. The summed E-state index contributed by atoms with van der Waals surface area (Å²) in [5, 5.41) is 14.2. The van der Waals surface area contributed by atoms with Gasteiger partial charge in [0.1, 0.15) is 13.2 Å². The lowest BCUT2D eigenvalue weighted by atomic mass is 9.83. The molecule has 3 aliphatic rings. The number of rotatable bonds is 20. The lowest BCUT2D eigenvalue weighted by Gasteiger charge is -2.38. The monoisotopic (exact) mass is 1100 g/mol. The standard InChI is InChI=1S/C34H42N2O6.C29H34N2O5.2CH4/c1-33(23-40-24-33)20-7-8-25-10-12-26(13-11-25)14-15-27-16-18-28(19-17-27)31(38)36(4)34(2,32(39)35-3)29(37)22-42-30-9-5-6-21-41-30;1-28(19-36-20-28)17-5-6-21-7-9-22(10-8-21)11-12-23-13-15-24(16-14-23)26(34)31(4)29(2,25(33)18-32)27(35)30-3;;/h10-13,16-19,30H,5-9,20-24H2,1-4H3,(H,35,39);7-10,13-16,32H,5-6,17-20H2,1-4H3,(H,30,35);2*1H4/t30?,34-;29-;;/m11../s1. The Morgan fingerprint density at radius 2 is 0.963 bits per heavy atom. The maximum atomic E-state index is 13.4. The molecule has 3 fully saturated rings. The summed E-state index contributed by atoms with van der Waals surface area (Å²) in [4.78, 5) is 79.3. The van der Waals surface area contributed by atoms with E-state index in [4.69, 9.17) is 18.9 Å². The van der Waals surface area contributed by atoms with Gasteiger partial charge in [0, 0.05) is 79.0 Å². The second-order valence-electron chi connectivity index (χ2n) is 21.5. The molecule has 4 amide bonds. The summed E-state index contributed by atoms with van der Waals surface area (Å²) < 4.78 is 21.8. The Morgan fingerprint density at radius 1 is 0.600 bits per heavy atom. The van der Waals surface area contributed by atoms with E-state index in [-0.39, 0.29) is 21.5 Å². The van der Waals surface area contributed by atoms with E-state index in [1.165, 1.54) is 70.9 Å². The maximum Gasteiger partial charge on any atom is 0.254 e. The Bertz CT molecular complexity index is 2830. The highest BCUT2D eigenvalue weighted by molar-refractivity contribution is 6.15.